The van der Waals surface area contributed by atoms with Gasteiger partial charge in [0.25, 0.3) is 5.91 Å². The number of hydrogen-bond donors (Lipinski definition) is 5. The third kappa shape index (κ3) is 12.8. The maximum Gasteiger partial charge on any atom is 0.312 e. The molecule has 0 spiro atoms. The first kappa shape index (κ1) is 53.0. The van der Waals surface area contributed by atoms with Gasteiger partial charge in [0.1, 0.15) is 27.9 Å². The molecule has 15 atom stereocenters. The molecule has 0 saturated heterocycles. The summed E-state index contributed by atoms with van der Waals surface area (Å²) in [5, 5.41) is 44.1. The molecule has 3 aliphatic heterocycles. The van der Waals surface area contributed by atoms with E-state index >= 15 is 0 Å². The molecule has 1 aromatic heterocycles. The number of carbonyl (C=O) groups is 4. The zero-order valence-electron chi connectivity index (χ0n) is 39.4. The van der Waals surface area contributed by atoms with Crippen LogP contribution in [0.5, 0.6) is 0 Å². The molecule has 0 aromatic carbocycles. The number of cyclic esters (lactones) is 2. The lowest BCUT2D eigenvalue weighted by Crippen LogP contribution is -2.56. The molecule has 0 radical (unpaired) electrons. The number of nitrogens with zero attached hydrogens (tertiary/aromatic N) is 3. The molecule has 356 valence electrons. The number of esters is 2. The van der Waals surface area contributed by atoms with E-state index in [1.54, 1.807) is 39.6 Å². The summed E-state index contributed by atoms with van der Waals surface area (Å²) >= 11 is 4.53. The Balaban J connectivity index is 1.77. The number of carbonyl (C=O) groups excluding carboxylic acids is 4. The van der Waals surface area contributed by atoms with Crippen molar-refractivity contribution >= 4 is 68.7 Å². The van der Waals surface area contributed by atoms with Gasteiger partial charge >= 0.3 is 11.9 Å². The lowest BCUT2D eigenvalue weighted by Gasteiger charge is -2.37. The minimum atomic E-state index is -1.38. The summed E-state index contributed by atoms with van der Waals surface area (Å²) in [7, 11) is 1.59. The van der Waals surface area contributed by atoms with E-state index in [9.17, 15) is 34.5 Å². The summed E-state index contributed by atoms with van der Waals surface area (Å²) in [6.45, 7) is 21.7. The van der Waals surface area contributed by atoms with Gasteiger partial charge in [-0.1, -0.05) is 68.2 Å². The number of methoxy groups -OCH3 is 1. The van der Waals surface area contributed by atoms with Crippen molar-refractivity contribution in [1.82, 2.24) is 15.6 Å². The molecule has 15 nitrogen and oxygen atoms in total. The highest BCUT2D eigenvalue weighted by Gasteiger charge is 2.48. The van der Waals surface area contributed by atoms with Crippen LogP contribution in [0.15, 0.2) is 15.4 Å². The molecule has 18 heteroatoms. The van der Waals surface area contributed by atoms with Crippen LogP contribution >= 0.6 is 34.9 Å². The van der Waals surface area contributed by atoms with E-state index in [1.807, 2.05) is 53.8 Å². The van der Waals surface area contributed by atoms with Crippen LogP contribution in [0.1, 0.15) is 119 Å². The van der Waals surface area contributed by atoms with Crippen LogP contribution in [0, 0.1) is 35.5 Å². The largest absolute Gasteiger partial charge is 0.462 e. The Morgan fingerprint density at radius 1 is 0.937 bits per heavy atom. The molecular formula is C45H73N5O10S3. The molecule has 0 saturated carbocycles. The molecule has 5 N–H and O–H groups in total. The number of aromatic nitrogens is 1. The minimum Gasteiger partial charge on any atom is -0.462 e. The fourth-order valence-corrected chi connectivity index (χ4v) is 11.8. The van der Waals surface area contributed by atoms with Gasteiger partial charge in [0.2, 0.25) is 5.91 Å². The number of fused-ring (bicyclic) bond motifs is 6. The number of nitrogens with one attached hydrogen (secondary N) is 2. The summed E-state index contributed by atoms with van der Waals surface area (Å²) in [5.74, 6) is -4.71. The van der Waals surface area contributed by atoms with Gasteiger partial charge in [-0.2, -0.15) is 0 Å². The highest BCUT2D eigenvalue weighted by Crippen LogP contribution is 2.41. The Hall–Kier alpha value is -2.61. The molecule has 63 heavy (non-hydrogen) atoms. The average molecular weight is 940 g/mol. The van der Waals surface area contributed by atoms with Crippen molar-refractivity contribution in [2.24, 2.45) is 45.5 Å². The molecule has 4 heterocycles. The van der Waals surface area contributed by atoms with Crippen molar-refractivity contribution in [3.8, 4) is 0 Å². The van der Waals surface area contributed by atoms with Gasteiger partial charge in [0, 0.05) is 42.3 Å². The number of amides is 2. The SMILES string of the molecule is CCC[C@@H](C)[C@H](O)[C@H](C)[C@H]1OC(=O)C[C@@H]([C@@H](C)O)NC(=O)[C@H](C(C)C)OC(=O)[C@H](C)[C@H](O)[C@H]([C@@H](C)CC)NC(=O)[C@@]2(C)CSC(=N2)[C@]2(C)CSC(=N2)c2csc(n2)C[C@H](OC)[C@@H]1C. The topological polar surface area (TPSA) is 218 Å². The Kier molecular flexibility index (Phi) is 19.1. The highest BCUT2D eigenvalue weighted by atomic mass is 32.2. The van der Waals surface area contributed by atoms with Crippen LogP contribution in [-0.4, -0.2) is 133 Å². The molecular weight excluding hydrogens is 867 g/mol. The Bertz CT molecular complexity index is 1810. The average Bonchev–Trinajstić information content (AvgIpc) is 4.00. The van der Waals surface area contributed by atoms with Gasteiger partial charge in [-0.05, 0) is 51.9 Å². The maximum atomic E-state index is 14.1. The van der Waals surface area contributed by atoms with Crippen molar-refractivity contribution in [3.05, 3.63) is 16.1 Å². The van der Waals surface area contributed by atoms with Crippen molar-refractivity contribution < 1.29 is 48.7 Å². The number of aliphatic hydroxyl groups is 3. The number of thioether (sulfide) groups is 2. The van der Waals surface area contributed by atoms with Gasteiger partial charge < -0.3 is 40.2 Å². The van der Waals surface area contributed by atoms with Gasteiger partial charge in [-0.25, -0.2) is 4.98 Å². The monoisotopic (exact) mass is 939 g/mol. The van der Waals surface area contributed by atoms with Crippen LogP contribution in [0.4, 0.5) is 0 Å². The van der Waals surface area contributed by atoms with Gasteiger partial charge in [0.05, 0.1) is 58.9 Å². The third-order valence-corrected chi connectivity index (χ3v) is 16.7. The van der Waals surface area contributed by atoms with Crippen LogP contribution in [0.2, 0.25) is 0 Å². The van der Waals surface area contributed by atoms with Crippen LogP contribution < -0.4 is 10.6 Å². The number of thiazole rings is 1. The Morgan fingerprint density at radius 3 is 2.21 bits per heavy atom. The first-order chi connectivity index (χ1) is 29.5. The first-order valence-corrected chi connectivity index (χ1v) is 25.3. The van der Waals surface area contributed by atoms with E-state index in [-0.39, 0.29) is 17.7 Å². The van der Waals surface area contributed by atoms with E-state index in [4.69, 9.17) is 29.2 Å². The Morgan fingerprint density at radius 2 is 1.60 bits per heavy atom. The summed E-state index contributed by atoms with van der Waals surface area (Å²) in [5.41, 5.74) is -1.16. The Labute approximate surface area is 386 Å². The lowest BCUT2D eigenvalue weighted by atomic mass is 9.80. The molecule has 6 bridgehead atoms. The third-order valence-electron chi connectivity index (χ3n) is 13.0. The smallest absolute Gasteiger partial charge is 0.312 e. The van der Waals surface area contributed by atoms with E-state index in [0.717, 1.165) is 33.6 Å². The van der Waals surface area contributed by atoms with Gasteiger partial charge in [-0.15, -0.1) is 34.9 Å². The van der Waals surface area contributed by atoms with Crippen LogP contribution in [-0.2, 0) is 39.8 Å². The zero-order chi connectivity index (χ0) is 47.1. The quantitative estimate of drug-likeness (QED) is 0.191. The molecule has 1 aromatic rings. The summed E-state index contributed by atoms with van der Waals surface area (Å²) in [6, 6.07) is -1.98. The number of aliphatic hydroxyl groups excluding tert-OH is 3. The predicted octanol–water partition coefficient (Wildman–Crippen LogP) is 5.20. The first-order valence-electron chi connectivity index (χ1n) is 22.5. The highest BCUT2D eigenvalue weighted by molar-refractivity contribution is 8.16. The summed E-state index contributed by atoms with van der Waals surface area (Å²) in [6.07, 6.45) is -3.86. The summed E-state index contributed by atoms with van der Waals surface area (Å²) in [4.78, 5) is 70.7. The van der Waals surface area contributed by atoms with E-state index < -0.39 is 108 Å². The van der Waals surface area contributed by atoms with Crippen LogP contribution in [0.25, 0.3) is 0 Å². The van der Waals surface area contributed by atoms with E-state index in [0.29, 0.717) is 24.3 Å². The number of aliphatic imine (C=N–C) groups is 2. The fourth-order valence-electron chi connectivity index (χ4n) is 8.32. The number of hydrogen-bond acceptors (Lipinski definition) is 16. The fraction of sp³-hybridized carbons (Fsp3) is 0.800. The molecule has 4 rings (SSSR count). The van der Waals surface area contributed by atoms with Crippen molar-refractivity contribution in [2.75, 3.05) is 18.6 Å². The molecule has 0 aliphatic carbocycles. The lowest BCUT2D eigenvalue weighted by molar-refractivity contribution is -0.168. The second-order valence-electron chi connectivity index (χ2n) is 18.8. The molecule has 2 amide bonds. The van der Waals surface area contributed by atoms with Crippen molar-refractivity contribution in [1.29, 1.82) is 0 Å². The second-order valence-corrected chi connectivity index (χ2v) is 21.7. The van der Waals surface area contributed by atoms with E-state index in [1.165, 1.54) is 36.9 Å². The van der Waals surface area contributed by atoms with E-state index in [2.05, 4.69) is 10.6 Å². The van der Waals surface area contributed by atoms with Crippen LogP contribution in [0.3, 0.4) is 0 Å². The van der Waals surface area contributed by atoms with Gasteiger partial charge in [-0.3, -0.25) is 29.2 Å². The number of rotatable bonds is 10. The zero-order valence-corrected chi connectivity index (χ0v) is 41.8. The maximum absolute atomic E-state index is 14.1. The normalized spacial score (nSPS) is 34.4. The number of ether oxygens (including phenoxy) is 3. The minimum absolute atomic E-state index is 0.0845. The summed E-state index contributed by atoms with van der Waals surface area (Å²) < 4.78 is 18.1. The van der Waals surface area contributed by atoms with Gasteiger partial charge in [0.15, 0.2) is 6.10 Å². The van der Waals surface area contributed by atoms with Crippen molar-refractivity contribution in [2.45, 2.75) is 175 Å². The second kappa shape index (κ2) is 22.7. The molecule has 3 aliphatic rings. The van der Waals surface area contributed by atoms with Crippen molar-refractivity contribution in [3.63, 3.8) is 0 Å². The standard InChI is InChI=1S/C45H73N5O10S3/c1-14-16-24(6)35(53)26(8)38-25(7)31(58-13)18-32-46-30(19-61-32)40-49-45(12,21-62-40)43-50-44(11,20-63-43)42(57)48-34(23(5)15-2)36(54)27(9)41(56)60-37(22(3)4)39(55)47-29(28(10)51)17-33(52)59-38/h19,22-29,31,34-38,51,53-54H,14-18,20-21H2,1-13H3,(H,47,55)(H,48,57)/t23-,24+,25-,26-,27+,28+,29-,31-,34-,35-,36-,37-,38-,44+,45-/m0/s1. The predicted molar refractivity (Wildman–Crippen MR) is 250 cm³/mol. The molecule has 0 fully saturated rings. The molecule has 0 unspecified atom stereocenters.